The maximum absolute atomic E-state index is 5.37. The van der Waals surface area contributed by atoms with Crippen molar-refractivity contribution in [3.8, 4) is 18.0 Å². The molecule has 21 heavy (non-hydrogen) atoms. The lowest BCUT2D eigenvalue weighted by molar-refractivity contribution is 0.243. The molecule has 3 rings (SSSR count). The molecule has 1 aromatic carbocycles. The van der Waals surface area contributed by atoms with Gasteiger partial charge in [-0.2, -0.15) is 0 Å². The summed E-state index contributed by atoms with van der Waals surface area (Å²) in [5.74, 6) is 2.72. The summed E-state index contributed by atoms with van der Waals surface area (Å²) in [6, 6.07) is 8.97. The van der Waals surface area contributed by atoms with Crippen molar-refractivity contribution >= 4 is 5.69 Å². The zero-order chi connectivity index (χ0) is 14.5. The van der Waals surface area contributed by atoms with Gasteiger partial charge in [-0.05, 0) is 31.0 Å². The van der Waals surface area contributed by atoms with Gasteiger partial charge in [0.25, 0.3) is 0 Å². The van der Waals surface area contributed by atoms with Crippen molar-refractivity contribution in [2.24, 2.45) is 0 Å². The van der Waals surface area contributed by atoms with Gasteiger partial charge in [-0.15, -0.1) is 6.42 Å². The van der Waals surface area contributed by atoms with Crippen LogP contribution in [0.1, 0.15) is 12.8 Å². The maximum atomic E-state index is 5.37. The van der Waals surface area contributed by atoms with Crippen LogP contribution >= 0.6 is 0 Å². The number of hydrogen-bond donors (Lipinski definition) is 1. The van der Waals surface area contributed by atoms with Crippen LogP contribution in [0.4, 0.5) is 5.69 Å². The zero-order valence-corrected chi connectivity index (χ0v) is 12.1. The molecule has 108 valence electrons. The van der Waals surface area contributed by atoms with E-state index in [-0.39, 0.29) is 0 Å². The van der Waals surface area contributed by atoms with E-state index >= 15 is 0 Å². The normalized spacial score (nSPS) is 16.5. The number of anilines is 1. The Morgan fingerprint density at radius 3 is 2.90 bits per heavy atom. The van der Waals surface area contributed by atoms with E-state index in [9.17, 15) is 0 Å². The fourth-order valence-electron chi connectivity index (χ4n) is 2.77. The van der Waals surface area contributed by atoms with Crippen LogP contribution in [-0.4, -0.2) is 40.1 Å². The van der Waals surface area contributed by atoms with E-state index in [0.29, 0.717) is 6.04 Å². The molecule has 2 heterocycles. The Morgan fingerprint density at radius 2 is 2.19 bits per heavy atom. The number of terminal acetylenes is 1. The Bertz CT molecular complexity index is 604. The molecule has 0 aliphatic carbocycles. The summed E-state index contributed by atoms with van der Waals surface area (Å²) >= 11 is 0. The molecule has 0 bridgehead atoms. The quantitative estimate of drug-likeness (QED) is 0.873. The third kappa shape index (κ3) is 3.45. The molecule has 1 aliphatic rings. The van der Waals surface area contributed by atoms with Gasteiger partial charge in [-0.25, -0.2) is 4.98 Å². The summed E-state index contributed by atoms with van der Waals surface area (Å²) in [7, 11) is 0. The summed E-state index contributed by atoms with van der Waals surface area (Å²) < 4.78 is 2.01. The van der Waals surface area contributed by atoms with Crippen LogP contribution in [0, 0.1) is 12.3 Å². The number of hydrogen-bond acceptors (Lipinski definition) is 3. The average Bonchev–Trinajstić information content (AvgIpc) is 3.04. The van der Waals surface area contributed by atoms with E-state index in [1.165, 1.54) is 0 Å². The van der Waals surface area contributed by atoms with Crippen molar-refractivity contribution in [1.29, 1.82) is 0 Å². The summed E-state index contributed by atoms with van der Waals surface area (Å²) in [4.78, 5) is 6.42. The summed E-state index contributed by atoms with van der Waals surface area (Å²) in [5.41, 5.74) is 2.29. The summed E-state index contributed by atoms with van der Waals surface area (Å²) in [6.45, 7) is 2.91. The highest BCUT2D eigenvalue weighted by Gasteiger charge is 2.18. The molecular weight excluding hydrogens is 260 g/mol. The smallest absolute Gasteiger partial charge is 0.0991 e. The van der Waals surface area contributed by atoms with Gasteiger partial charge >= 0.3 is 0 Å². The molecule has 4 heteroatoms. The van der Waals surface area contributed by atoms with Gasteiger partial charge in [0.2, 0.25) is 0 Å². The molecule has 1 aliphatic heterocycles. The molecule has 0 unspecified atom stereocenters. The Hall–Kier alpha value is -2.25. The number of rotatable bonds is 4. The largest absolute Gasteiger partial charge is 0.382 e. The van der Waals surface area contributed by atoms with Crippen molar-refractivity contribution in [2.45, 2.75) is 18.9 Å². The van der Waals surface area contributed by atoms with E-state index in [1.54, 1.807) is 6.20 Å². The zero-order valence-electron chi connectivity index (χ0n) is 12.1. The fourth-order valence-corrected chi connectivity index (χ4v) is 2.77. The van der Waals surface area contributed by atoms with Crippen molar-refractivity contribution in [2.75, 3.05) is 25.0 Å². The molecular formula is C17H20N4. The SMILES string of the molecule is C#CCN1CCC(Nc2cccc(-n3ccnc3)c2)CC1. The summed E-state index contributed by atoms with van der Waals surface area (Å²) in [5, 5.41) is 3.63. The van der Waals surface area contributed by atoms with Crippen LogP contribution in [0.25, 0.3) is 5.69 Å². The van der Waals surface area contributed by atoms with Gasteiger partial charge in [-0.3, -0.25) is 4.90 Å². The fraction of sp³-hybridized carbons (Fsp3) is 0.353. The molecule has 0 spiro atoms. The number of imidazole rings is 1. The molecule has 1 N–H and O–H groups in total. The minimum absolute atomic E-state index is 0.525. The second kappa shape index (κ2) is 6.47. The highest BCUT2D eigenvalue weighted by molar-refractivity contribution is 5.51. The van der Waals surface area contributed by atoms with Gasteiger partial charge in [0.05, 0.1) is 12.9 Å². The maximum Gasteiger partial charge on any atom is 0.0991 e. The first-order valence-corrected chi connectivity index (χ1v) is 7.36. The third-order valence-corrected chi connectivity index (χ3v) is 3.92. The Balaban J connectivity index is 1.61. The minimum atomic E-state index is 0.525. The van der Waals surface area contributed by atoms with E-state index in [0.717, 1.165) is 43.9 Å². The predicted octanol–water partition coefficient (Wildman–Crippen LogP) is 2.38. The molecule has 0 saturated carbocycles. The van der Waals surface area contributed by atoms with Crippen LogP contribution in [0.3, 0.4) is 0 Å². The first kappa shape index (κ1) is 13.7. The third-order valence-electron chi connectivity index (χ3n) is 3.92. The van der Waals surface area contributed by atoms with E-state index in [2.05, 4.69) is 45.4 Å². The van der Waals surface area contributed by atoms with E-state index < -0.39 is 0 Å². The van der Waals surface area contributed by atoms with Crippen molar-refractivity contribution < 1.29 is 0 Å². The molecule has 1 saturated heterocycles. The Labute approximate surface area is 125 Å². The molecule has 0 amide bonds. The van der Waals surface area contributed by atoms with Crippen LogP contribution in [0.15, 0.2) is 43.0 Å². The van der Waals surface area contributed by atoms with Gasteiger partial charge in [0.15, 0.2) is 0 Å². The number of benzene rings is 1. The molecule has 2 aromatic rings. The van der Waals surface area contributed by atoms with Crippen molar-refractivity contribution in [3.63, 3.8) is 0 Å². The standard InChI is InChI=1S/C17H20N4/c1-2-9-20-10-6-15(7-11-20)19-16-4-3-5-17(13-16)21-12-8-18-14-21/h1,3-5,8,12-15,19H,6-7,9-11H2. The van der Waals surface area contributed by atoms with Crippen LogP contribution in [0.2, 0.25) is 0 Å². The lowest BCUT2D eigenvalue weighted by Gasteiger charge is -2.31. The second-order valence-electron chi connectivity index (χ2n) is 5.42. The Kier molecular flexibility index (Phi) is 4.23. The van der Waals surface area contributed by atoms with Gasteiger partial charge in [-0.1, -0.05) is 12.0 Å². The first-order chi connectivity index (χ1) is 10.3. The second-order valence-corrected chi connectivity index (χ2v) is 5.42. The van der Waals surface area contributed by atoms with Crippen molar-refractivity contribution in [3.05, 3.63) is 43.0 Å². The highest BCUT2D eigenvalue weighted by Crippen LogP contribution is 2.19. The van der Waals surface area contributed by atoms with Gasteiger partial charge in [0, 0.05) is 42.9 Å². The van der Waals surface area contributed by atoms with E-state index in [4.69, 9.17) is 6.42 Å². The lowest BCUT2D eigenvalue weighted by Crippen LogP contribution is -2.39. The molecule has 0 atom stereocenters. The Morgan fingerprint density at radius 1 is 1.33 bits per heavy atom. The number of nitrogens with zero attached hydrogens (tertiary/aromatic N) is 3. The number of likely N-dealkylation sites (tertiary alicyclic amines) is 1. The molecule has 4 nitrogen and oxygen atoms in total. The van der Waals surface area contributed by atoms with Gasteiger partial charge in [0.1, 0.15) is 0 Å². The van der Waals surface area contributed by atoms with Crippen LogP contribution in [0.5, 0.6) is 0 Å². The topological polar surface area (TPSA) is 33.1 Å². The summed E-state index contributed by atoms with van der Waals surface area (Å²) in [6.07, 6.45) is 13.2. The van der Waals surface area contributed by atoms with Crippen LogP contribution in [-0.2, 0) is 0 Å². The number of piperidine rings is 1. The van der Waals surface area contributed by atoms with E-state index in [1.807, 2.05) is 17.1 Å². The number of aromatic nitrogens is 2. The lowest BCUT2D eigenvalue weighted by atomic mass is 10.0. The number of nitrogens with one attached hydrogen (secondary N) is 1. The van der Waals surface area contributed by atoms with Crippen LogP contribution < -0.4 is 5.32 Å². The molecule has 1 fully saturated rings. The van der Waals surface area contributed by atoms with Gasteiger partial charge < -0.3 is 9.88 Å². The predicted molar refractivity (Wildman–Crippen MR) is 85.5 cm³/mol. The first-order valence-electron chi connectivity index (χ1n) is 7.36. The minimum Gasteiger partial charge on any atom is -0.382 e. The highest BCUT2D eigenvalue weighted by atomic mass is 15.1. The van der Waals surface area contributed by atoms with Crippen molar-refractivity contribution in [1.82, 2.24) is 14.5 Å². The molecule has 0 radical (unpaired) electrons. The molecule has 1 aromatic heterocycles. The average molecular weight is 280 g/mol. The monoisotopic (exact) mass is 280 g/mol.